The number of nitrogens with one attached hydrogen (secondary N) is 4. The Bertz CT molecular complexity index is 2500. The van der Waals surface area contributed by atoms with E-state index in [-0.39, 0.29) is 45.5 Å². The number of nitrogens with zero attached hydrogens (tertiary/aromatic N) is 1. The minimum atomic E-state index is -4.26. The highest BCUT2D eigenvalue weighted by atomic mass is 35.5. The fourth-order valence-corrected chi connectivity index (χ4v) is 7.70. The number of aromatic amines is 2. The number of fused-ring (bicyclic) bond motifs is 2. The number of esters is 1. The van der Waals surface area contributed by atoms with Gasteiger partial charge in [0.25, 0.3) is 20.0 Å². The van der Waals surface area contributed by atoms with Crippen LogP contribution in [-0.2, 0) is 36.0 Å². The van der Waals surface area contributed by atoms with Gasteiger partial charge in [-0.25, -0.2) is 25.6 Å². The van der Waals surface area contributed by atoms with E-state index in [1.165, 1.54) is 42.7 Å². The van der Waals surface area contributed by atoms with Crippen LogP contribution in [0.25, 0.3) is 21.8 Å². The molecule has 0 unspecified atom stereocenters. The third kappa shape index (κ3) is 8.88. The van der Waals surface area contributed by atoms with Gasteiger partial charge in [0.1, 0.15) is 15.6 Å². The van der Waals surface area contributed by atoms with Crippen molar-refractivity contribution < 1.29 is 39.5 Å². The third-order valence-electron chi connectivity index (χ3n) is 7.10. The molecule has 0 saturated heterocycles. The van der Waals surface area contributed by atoms with Crippen LogP contribution < -0.4 is 9.44 Å². The highest BCUT2D eigenvalue weighted by Crippen LogP contribution is 2.30. The smallest absolute Gasteiger partial charge is 0.306 e. The van der Waals surface area contributed by atoms with Gasteiger partial charge in [-0.2, -0.15) is 9.37 Å². The fourth-order valence-electron chi connectivity index (χ4n) is 4.76. The molecule has 0 spiro atoms. The van der Waals surface area contributed by atoms with E-state index in [0.717, 1.165) is 12.1 Å². The maximum absolute atomic E-state index is 14.3. The van der Waals surface area contributed by atoms with E-state index in [1.807, 2.05) is 4.72 Å². The lowest BCUT2D eigenvalue weighted by Gasteiger charge is -2.10. The van der Waals surface area contributed by atoms with Gasteiger partial charge in [0.05, 0.1) is 12.3 Å². The molecule has 0 saturated carbocycles. The number of pyridine rings is 1. The van der Waals surface area contributed by atoms with E-state index in [9.17, 15) is 34.8 Å². The molecule has 0 aliphatic heterocycles. The third-order valence-corrected chi connectivity index (χ3v) is 10.6. The largest absolute Gasteiger partial charge is 0.466 e. The molecule has 0 radical (unpaired) electrons. The zero-order chi connectivity index (χ0) is 37.1. The Labute approximate surface area is 304 Å². The monoisotopic (exact) mass is 801 g/mol. The molecule has 51 heavy (non-hydrogen) atoms. The molecule has 0 aliphatic rings. The van der Waals surface area contributed by atoms with Crippen molar-refractivity contribution >= 4 is 94.1 Å². The van der Waals surface area contributed by atoms with Gasteiger partial charge >= 0.3 is 5.97 Å². The first kappa shape index (κ1) is 37.8. The lowest BCUT2D eigenvalue weighted by molar-refractivity contribution is -0.143. The number of H-pyrrole nitrogens is 2. The molecule has 6 aromatic rings. The van der Waals surface area contributed by atoms with Crippen molar-refractivity contribution in [2.75, 3.05) is 16.1 Å². The van der Waals surface area contributed by atoms with Crippen molar-refractivity contribution in [1.29, 1.82) is 0 Å². The molecule has 3 aromatic heterocycles. The fraction of sp³-hybridized carbons (Fsp3) is 0.125. The van der Waals surface area contributed by atoms with Gasteiger partial charge in [-0.3, -0.25) is 14.2 Å². The van der Waals surface area contributed by atoms with Crippen LogP contribution in [0, 0.1) is 17.6 Å². The van der Waals surface area contributed by atoms with Gasteiger partial charge in [-0.15, -0.1) is 0 Å². The summed E-state index contributed by atoms with van der Waals surface area (Å²) in [5.41, 5.74) is 0.698. The number of carbonyl (C=O) groups excluding carboxylic acids is 1. The predicted octanol–water partition coefficient (Wildman–Crippen LogP) is 8.21. The Hall–Kier alpha value is -4.48. The van der Waals surface area contributed by atoms with Gasteiger partial charge in [-0.1, -0.05) is 34.8 Å². The Morgan fingerprint density at radius 2 is 1.29 bits per heavy atom. The minimum Gasteiger partial charge on any atom is -0.466 e. The van der Waals surface area contributed by atoms with Crippen LogP contribution in [0.1, 0.15) is 18.9 Å². The van der Waals surface area contributed by atoms with Gasteiger partial charge in [0.15, 0.2) is 11.6 Å². The molecule has 4 N–H and O–H groups in total. The Morgan fingerprint density at radius 1 is 0.765 bits per heavy atom. The highest BCUT2D eigenvalue weighted by Gasteiger charge is 2.24. The topological polar surface area (TPSA) is 163 Å². The zero-order valence-electron chi connectivity index (χ0n) is 26.0. The van der Waals surface area contributed by atoms with Gasteiger partial charge < -0.3 is 14.7 Å². The second-order valence-electron chi connectivity index (χ2n) is 10.6. The van der Waals surface area contributed by atoms with E-state index in [2.05, 4.69) is 19.7 Å². The number of sulfonamides is 2. The predicted molar refractivity (Wildman–Crippen MR) is 189 cm³/mol. The van der Waals surface area contributed by atoms with Crippen LogP contribution >= 0.6 is 34.8 Å². The molecule has 3 heterocycles. The summed E-state index contributed by atoms with van der Waals surface area (Å²) in [6.45, 7) is 1.80. The van der Waals surface area contributed by atoms with E-state index in [1.54, 1.807) is 25.1 Å². The van der Waals surface area contributed by atoms with Crippen LogP contribution in [0.2, 0.25) is 15.1 Å². The molecular weight excluding hydrogens is 778 g/mol. The van der Waals surface area contributed by atoms with Crippen LogP contribution in [0.4, 0.5) is 24.7 Å². The molecular formula is C32H25Cl3F3N5O6S2. The molecule has 268 valence electrons. The summed E-state index contributed by atoms with van der Waals surface area (Å²) in [6.07, 6.45) is 2.25. The number of hydrogen-bond donors (Lipinski definition) is 4. The molecule has 0 aliphatic carbocycles. The standard InChI is InChI=1S/C18H16ClF2N3O4S.C14H9Cl2FN2O2S/c1-2-28-16(25)6-3-10-7-13(20)18(23-17(10)21)24-29(26,27)15-9-22-14-8-11(19)4-5-12(14)15;15-8-2-4-12(11(17)5-8)19-22(20,21)14-7-18-13-6-9(16)1-3-10(13)14/h4-5,7-9,22H,2-3,6H2,1H3,(H,23,24);1-7,18-19H. The second kappa shape index (κ2) is 15.4. The van der Waals surface area contributed by atoms with Gasteiger partial charge in [0.2, 0.25) is 5.95 Å². The Kier molecular flexibility index (Phi) is 11.4. The van der Waals surface area contributed by atoms with E-state index in [4.69, 9.17) is 39.5 Å². The van der Waals surface area contributed by atoms with E-state index < -0.39 is 49.4 Å². The van der Waals surface area contributed by atoms with Gasteiger partial charge in [0, 0.05) is 61.3 Å². The van der Waals surface area contributed by atoms with Crippen molar-refractivity contribution in [1.82, 2.24) is 15.0 Å². The first-order valence-electron chi connectivity index (χ1n) is 14.6. The lowest BCUT2D eigenvalue weighted by Crippen LogP contribution is -2.16. The average Bonchev–Trinajstić information content (AvgIpc) is 3.68. The molecule has 3 aromatic carbocycles. The van der Waals surface area contributed by atoms with Crippen molar-refractivity contribution in [2.45, 2.75) is 29.6 Å². The van der Waals surface area contributed by atoms with E-state index >= 15 is 0 Å². The summed E-state index contributed by atoms with van der Waals surface area (Å²) < 4.78 is 101. The molecule has 19 heteroatoms. The maximum Gasteiger partial charge on any atom is 0.306 e. The van der Waals surface area contributed by atoms with Crippen molar-refractivity contribution in [2.24, 2.45) is 0 Å². The summed E-state index contributed by atoms with van der Waals surface area (Å²) in [7, 11) is -8.21. The average molecular weight is 803 g/mol. The number of benzene rings is 3. The number of rotatable bonds is 10. The summed E-state index contributed by atoms with van der Waals surface area (Å²) in [5, 5.41) is 1.86. The molecule has 0 fully saturated rings. The summed E-state index contributed by atoms with van der Waals surface area (Å²) in [5.74, 6) is -4.25. The number of anilines is 2. The first-order valence-corrected chi connectivity index (χ1v) is 18.7. The van der Waals surface area contributed by atoms with E-state index in [0.29, 0.717) is 31.9 Å². The summed E-state index contributed by atoms with van der Waals surface area (Å²) in [4.78, 5) is 20.2. The number of aryl methyl sites for hydroxylation is 1. The Morgan fingerprint density at radius 3 is 1.84 bits per heavy atom. The first-order chi connectivity index (χ1) is 24.1. The molecule has 0 atom stereocenters. The summed E-state index contributed by atoms with van der Waals surface area (Å²) >= 11 is 17.4. The normalized spacial score (nSPS) is 11.7. The van der Waals surface area contributed by atoms with Crippen molar-refractivity contribution in [3.63, 3.8) is 0 Å². The number of hydrogen-bond acceptors (Lipinski definition) is 7. The lowest BCUT2D eigenvalue weighted by atomic mass is 10.1. The maximum atomic E-state index is 14.3. The Balaban J connectivity index is 0.000000205. The number of aromatic nitrogens is 3. The van der Waals surface area contributed by atoms with Crippen molar-refractivity contribution in [3.8, 4) is 0 Å². The summed E-state index contributed by atoms with van der Waals surface area (Å²) in [6, 6.07) is 13.8. The number of carbonyl (C=O) groups is 1. The van der Waals surface area contributed by atoms with Crippen LogP contribution in [0.3, 0.4) is 0 Å². The number of ether oxygens (including phenoxy) is 1. The SMILES string of the molecule is CCOC(=O)CCc1cc(F)c(NS(=O)(=O)c2c[nH]c3cc(Cl)ccc23)nc1F.O=S(=O)(Nc1ccc(Cl)cc1F)c1c[nH]c2cc(Cl)ccc12. The van der Waals surface area contributed by atoms with Crippen LogP contribution in [-0.4, -0.2) is 44.4 Å². The quantitative estimate of drug-likeness (QED) is 0.0802. The molecule has 0 bridgehead atoms. The van der Waals surface area contributed by atoms with Crippen molar-refractivity contribution in [3.05, 3.63) is 111 Å². The number of halogens is 6. The molecule has 0 amide bonds. The second-order valence-corrected chi connectivity index (χ2v) is 15.2. The highest BCUT2D eigenvalue weighted by molar-refractivity contribution is 7.93. The minimum absolute atomic E-state index is 0.00789. The van der Waals surface area contributed by atoms with Gasteiger partial charge in [-0.05, 0) is 74.0 Å². The zero-order valence-corrected chi connectivity index (χ0v) is 29.9. The van der Waals surface area contributed by atoms with Crippen LogP contribution in [0.5, 0.6) is 0 Å². The molecule has 6 rings (SSSR count). The van der Waals surface area contributed by atoms with Crippen LogP contribution in [0.15, 0.2) is 82.8 Å². The molecule has 11 nitrogen and oxygen atoms in total.